The van der Waals surface area contributed by atoms with Gasteiger partial charge in [-0.05, 0) is 33.5 Å². The molecule has 0 spiro atoms. The molecular formula is C16H32N4O2. The zero-order chi connectivity index (χ0) is 15.9. The number of nitrogens with zero attached hydrogens (tertiary/aromatic N) is 4. The molecule has 0 radical (unpaired) electrons. The van der Waals surface area contributed by atoms with E-state index in [0.29, 0.717) is 0 Å². The van der Waals surface area contributed by atoms with Gasteiger partial charge < -0.3 is 14.9 Å². The van der Waals surface area contributed by atoms with Gasteiger partial charge in [-0.15, -0.1) is 0 Å². The molecule has 2 aliphatic rings. The summed E-state index contributed by atoms with van der Waals surface area (Å²) in [6.07, 6.45) is 1.87. The van der Waals surface area contributed by atoms with Crippen LogP contribution in [-0.2, 0) is 4.79 Å². The standard InChI is InChI=1S/C16H32N4O2/c1-17(2)6-7-18-8-10-19(11-9-18)12-13-20-5-3-4-15(14-20)16(21)22/h15H,3-14H2,1-2H3,(H,21,22). The summed E-state index contributed by atoms with van der Waals surface area (Å²) < 4.78 is 0. The molecular weight excluding hydrogens is 280 g/mol. The molecule has 1 N–H and O–H groups in total. The molecule has 0 aromatic rings. The maximum atomic E-state index is 11.1. The monoisotopic (exact) mass is 312 g/mol. The first-order valence-electron chi connectivity index (χ1n) is 8.59. The molecule has 2 aliphatic heterocycles. The van der Waals surface area contributed by atoms with Crippen LogP contribution in [0.25, 0.3) is 0 Å². The van der Waals surface area contributed by atoms with E-state index >= 15 is 0 Å². The Labute approximate surface area is 134 Å². The molecule has 2 fully saturated rings. The average molecular weight is 312 g/mol. The lowest BCUT2D eigenvalue weighted by molar-refractivity contribution is -0.143. The number of hydrogen-bond acceptors (Lipinski definition) is 5. The highest BCUT2D eigenvalue weighted by Crippen LogP contribution is 2.16. The van der Waals surface area contributed by atoms with Gasteiger partial charge in [0.2, 0.25) is 0 Å². The third kappa shape index (κ3) is 5.83. The first kappa shape index (κ1) is 17.7. The third-order valence-electron chi connectivity index (χ3n) is 4.92. The Kier molecular flexibility index (Phi) is 7.08. The van der Waals surface area contributed by atoms with E-state index < -0.39 is 5.97 Å². The Balaban J connectivity index is 1.61. The molecule has 128 valence electrons. The summed E-state index contributed by atoms with van der Waals surface area (Å²) in [4.78, 5) is 20.7. The van der Waals surface area contributed by atoms with Gasteiger partial charge >= 0.3 is 5.97 Å². The van der Waals surface area contributed by atoms with E-state index in [9.17, 15) is 4.79 Å². The number of likely N-dealkylation sites (N-methyl/N-ethyl adjacent to an activating group) is 1. The minimum absolute atomic E-state index is 0.156. The second kappa shape index (κ2) is 8.82. The predicted molar refractivity (Wildman–Crippen MR) is 88.2 cm³/mol. The van der Waals surface area contributed by atoms with Gasteiger partial charge in [-0.3, -0.25) is 14.6 Å². The molecule has 2 rings (SSSR count). The van der Waals surface area contributed by atoms with Gasteiger partial charge in [0.1, 0.15) is 0 Å². The number of carboxylic acid groups (broad SMARTS) is 1. The molecule has 22 heavy (non-hydrogen) atoms. The van der Waals surface area contributed by atoms with Gasteiger partial charge in [-0.25, -0.2) is 0 Å². The van der Waals surface area contributed by atoms with Gasteiger partial charge in [0.25, 0.3) is 0 Å². The highest BCUT2D eigenvalue weighted by atomic mass is 16.4. The zero-order valence-corrected chi connectivity index (χ0v) is 14.2. The second-order valence-electron chi connectivity index (χ2n) is 6.96. The molecule has 1 atom stereocenters. The number of carboxylic acids is 1. The van der Waals surface area contributed by atoms with Crippen molar-refractivity contribution in [3.63, 3.8) is 0 Å². The molecule has 0 amide bonds. The van der Waals surface area contributed by atoms with Crippen molar-refractivity contribution in [2.45, 2.75) is 12.8 Å². The summed E-state index contributed by atoms with van der Waals surface area (Å²) >= 11 is 0. The molecule has 0 saturated carbocycles. The minimum Gasteiger partial charge on any atom is -0.481 e. The third-order valence-corrected chi connectivity index (χ3v) is 4.92. The lowest BCUT2D eigenvalue weighted by Gasteiger charge is -2.37. The molecule has 2 saturated heterocycles. The fraction of sp³-hybridized carbons (Fsp3) is 0.938. The first-order chi connectivity index (χ1) is 10.5. The summed E-state index contributed by atoms with van der Waals surface area (Å²) in [6, 6.07) is 0. The van der Waals surface area contributed by atoms with E-state index in [1.54, 1.807) is 0 Å². The van der Waals surface area contributed by atoms with Gasteiger partial charge in [0.05, 0.1) is 5.92 Å². The van der Waals surface area contributed by atoms with E-state index in [2.05, 4.69) is 33.7 Å². The second-order valence-corrected chi connectivity index (χ2v) is 6.96. The number of hydrogen-bond donors (Lipinski definition) is 1. The van der Waals surface area contributed by atoms with Crippen molar-refractivity contribution < 1.29 is 9.90 Å². The zero-order valence-electron chi connectivity index (χ0n) is 14.2. The normalized spacial score (nSPS) is 25.7. The Morgan fingerprint density at radius 2 is 1.59 bits per heavy atom. The van der Waals surface area contributed by atoms with Crippen molar-refractivity contribution in [1.29, 1.82) is 0 Å². The Morgan fingerprint density at radius 3 is 2.18 bits per heavy atom. The molecule has 1 unspecified atom stereocenters. The summed E-state index contributed by atoms with van der Waals surface area (Å²) in [5, 5.41) is 9.15. The Bertz CT molecular complexity index is 343. The lowest BCUT2D eigenvalue weighted by Crippen LogP contribution is -2.50. The highest BCUT2D eigenvalue weighted by molar-refractivity contribution is 5.70. The van der Waals surface area contributed by atoms with Crippen LogP contribution in [0.3, 0.4) is 0 Å². The van der Waals surface area contributed by atoms with Crippen LogP contribution in [-0.4, -0.2) is 110 Å². The van der Waals surface area contributed by atoms with Gasteiger partial charge in [0.15, 0.2) is 0 Å². The number of rotatable bonds is 7. The number of likely N-dealkylation sites (tertiary alicyclic amines) is 1. The average Bonchev–Trinajstić information content (AvgIpc) is 2.52. The molecule has 2 heterocycles. The van der Waals surface area contributed by atoms with E-state index in [1.165, 1.54) is 0 Å². The van der Waals surface area contributed by atoms with Crippen LogP contribution in [0.2, 0.25) is 0 Å². The topological polar surface area (TPSA) is 50.3 Å². The van der Waals surface area contributed by atoms with E-state index in [0.717, 1.165) is 78.3 Å². The Morgan fingerprint density at radius 1 is 1.00 bits per heavy atom. The SMILES string of the molecule is CN(C)CCN1CCN(CCN2CCCC(C(=O)O)C2)CC1. The van der Waals surface area contributed by atoms with E-state index in [-0.39, 0.29) is 5.92 Å². The number of aliphatic carboxylic acids is 1. The summed E-state index contributed by atoms with van der Waals surface area (Å²) in [7, 11) is 4.25. The summed E-state index contributed by atoms with van der Waals surface area (Å²) in [5.41, 5.74) is 0. The van der Waals surface area contributed by atoms with E-state index in [4.69, 9.17) is 5.11 Å². The van der Waals surface area contributed by atoms with Crippen LogP contribution in [0, 0.1) is 5.92 Å². The number of carbonyl (C=O) groups is 1. The van der Waals surface area contributed by atoms with Crippen LogP contribution < -0.4 is 0 Å². The first-order valence-corrected chi connectivity index (χ1v) is 8.59. The van der Waals surface area contributed by atoms with Gasteiger partial charge in [0, 0.05) is 58.9 Å². The molecule has 6 nitrogen and oxygen atoms in total. The lowest BCUT2D eigenvalue weighted by atomic mass is 9.98. The quantitative estimate of drug-likeness (QED) is 0.712. The van der Waals surface area contributed by atoms with Crippen LogP contribution in [0.5, 0.6) is 0 Å². The van der Waals surface area contributed by atoms with Crippen molar-refractivity contribution in [3.8, 4) is 0 Å². The molecule has 0 aromatic carbocycles. The van der Waals surface area contributed by atoms with Crippen LogP contribution in [0.15, 0.2) is 0 Å². The van der Waals surface area contributed by atoms with Crippen LogP contribution >= 0.6 is 0 Å². The van der Waals surface area contributed by atoms with Crippen LogP contribution in [0.4, 0.5) is 0 Å². The molecule has 0 aromatic heterocycles. The van der Waals surface area contributed by atoms with Gasteiger partial charge in [-0.1, -0.05) is 0 Å². The summed E-state index contributed by atoms with van der Waals surface area (Å²) in [6.45, 7) is 10.8. The smallest absolute Gasteiger partial charge is 0.307 e. The minimum atomic E-state index is -0.626. The maximum Gasteiger partial charge on any atom is 0.307 e. The highest BCUT2D eigenvalue weighted by Gasteiger charge is 2.25. The fourth-order valence-corrected chi connectivity index (χ4v) is 3.32. The molecule has 0 bridgehead atoms. The van der Waals surface area contributed by atoms with Crippen LogP contribution in [0.1, 0.15) is 12.8 Å². The maximum absolute atomic E-state index is 11.1. The van der Waals surface area contributed by atoms with Crippen molar-refractivity contribution in [1.82, 2.24) is 19.6 Å². The summed E-state index contributed by atoms with van der Waals surface area (Å²) in [5.74, 6) is -0.782. The number of piperidine rings is 1. The van der Waals surface area contributed by atoms with Crippen molar-refractivity contribution in [3.05, 3.63) is 0 Å². The van der Waals surface area contributed by atoms with Gasteiger partial charge in [-0.2, -0.15) is 0 Å². The van der Waals surface area contributed by atoms with Crippen molar-refractivity contribution >= 4 is 5.97 Å². The Hall–Kier alpha value is -0.690. The molecule has 0 aliphatic carbocycles. The van der Waals surface area contributed by atoms with Crippen molar-refractivity contribution in [2.75, 3.05) is 79.5 Å². The molecule has 6 heteroatoms. The predicted octanol–water partition coefficient (Wildman–Crippen LogP) is -0.0378. The largest absolute Gasteiger partial charge is 0.481 e. The van der Waals surface area contributed by atoms with Crippen molar-refractivity contribution in [2.24, 2.45) is 5.92 Å². The number of piperazine rings is 1. The fourth-order valence-electron chi connectivity index (χ4n) is 3.32. The van der Waals surface area contributed by atoms with E-state index in [1.807, 2.05) is 0 Å².